The number of hydrogen-bond donors (Lipinski definition) is 2. The third-order valence-electron chi connectivity index (χ3n) is 4.22. The van der Waals surface area contributed by atoms with Gasteiger partial charge in [0.15, 0.2) is 0 Å². The monoisotopic (exact) mass is 496 g/mol. The van der Waals surface area contributed by atoms with Gasteiger partial charge < -0.3 is 20.1 Å². The zero-order valence-electron chi connectivity index (χ0n) is 17.0. The maximum absolute atomic E-state index is 12.6. The van der Waals surface area contributed by atoms with E-state index in [-0.39, 0.29) is 25.8 Å². The molecule has 0 aliphatic carbocycles. The number of primary amides is 1. The lowest BCUT2D eigenvalue weighted by atomic mass is 10.0. The van der Waals surface area contributed by atoms with Crippen LogP contribution in [-0.2, 0) is 31.0 Å². The normalized spacial score (nSPS) is 12.4. The van der Waals surface area contributed by atoms with Gasteiger partial charge in [-0.25, -0.2) is 0 Å². The molecule has 0 spiro atoms. The van der Waals surface area contributed by atoms with Crippen LogP contribution in [0.5, 0.6) is 0 Å². The third kappa shape index (κ3) is 7.36. The minimum atomic E-state index is -3.22. The summed E-state index contributed by atoms with van der Waals surface area (Å²) in [5.74, 6) is -1.03. The predicted octanol–water partition coefficient (Wildman–Crippen LogP) is 4.04. The highest BCUT2D eigenvalue weighted by Crippen LogP contribution is 2.51. The zero-order valence-corrected chi connectivity index (χ0v) is 19.4. The van der Waals surface area contributed by atoms with Crippen LogP contribution in [0.15, 0.2) is 53.0 Å². The van der Waals surface area contributed by atoms with Crippen molar-refractivity contribution in [2.24, 2.45) is 5.73 Å². The van der Waals surface area contributed by atoms with E-state index < -0.39 is 25.5 Å². The van der Waals surface area contributed by atoms with Gasteiger partial charge in [-0.15, -0.1) is 0 Å². The lowest BCUT2D eigenvalue weighted by Gasteiger charge is -2.17. The summed E-state index contributed by atoms with van der Waals surface area (Å²) in [7, 11) is -3.22. The first-order chi connectivity index (χ1) is 14.3. The van der Waals surface area contributed by atoms with E-state index in [1.807, 2.05) is 24.3 Å². The first-order valence-corrected chi connectivity index (χ1v) is 12.1. The third-order valence-corrected chi connectivity index (χ3v) is 6.77. The molecule has 0 saturated carbocycles. The summed E-state index contributed by atoms with van der Waals surface area (Å²) in [6, 6.07) is 13.2. The van der Waals surface area contributed by atoms with Crippen LogP contribution in [0, 0.1) is 0 Å². The Hall–Kier alpha value is -1.99. The second kappa shape index (κ2) is 11.4. The predicted molar refractivity (Wildman–Crippen MR) is 119 cm³/mol. The van der Waals surface area contributed by atoms with Crippen LogP contribution in [0.1, 0.15) is 35.3 Å². The number of benzene rings is 2. The topological polar surface area (TPSA) is 108 Å². The van der Waals surface area contributed by atoms with Gasteiger partial charge in [0.1, 0.15) is 6.04 Å². The van der Waals surface area contributed by atoms with Gasteiger partial charge in [-0.05, 0) is 49.2 Å². The number of carbonyl (C=O) groups excluding carboxylic acids is 2. The lowest BCUT2D eigenvalue weighted by molar-refractivity contribution is -0.119. The first kappa shape index (κ1) is 24.3. The number of nitrogens with one attached hydrogen (secondary N) is 1. The van der Waals surface area contributed by atoms with E-state index in [9.17, 15) is 14.2 Å². The molecular formula is C21H26BrN2O5P. The van der Waals surface area contributed by atoms with Crippen molar-refractivity contribution in [3.8, 4) is 0 Å². The summed E-state index contributed by atoms with van der Waals surface area (Å²) in [6.07, 6.45) is 0.397. The summed E-state index contributed by atoms with van der Waals surface area (Å²) in [5.41, 5.74) is 7.42. The van der Waals surface area contributed by atoms with E-state index in [1.54, 1.807) is 38.1 Å². The fourth-order valence-electron chi connectivity index (χ4n) is 2.87. The highest BCUT2D eigenvalue weighted by molar-refractivity contribution is 9.10. The van der Waals surface area contributed by atoms with Gasteiger partial charge in [-0.1, -0.05) is 40.2 Å². The zero-order chi connectivity index (χ0) is 22.1. The Kier molecular flexibility index (Phi) is 9.24. The Morgan fingerprint density at radius 3 is 2.23 bits per heavy atom. The van der Waals surface area contributed by atoms with E-state index in [0.717, 1.165) is 15.6 Å². The highest BCUT2D eigenvalue weighted by atomic mass is 79.9. The highest BCUT2D eigenvalue weighted by Gasteiger charge is 2.24. The average Bonchev–Trinajstić information content (AvgIpc) is 2.68. The quantitative estimate of drug-likeness (QED) is 0.456. The van der Waals surface area contributed by atoms with Gasteiger partial charge >= 0.3 is 7.60 Å². The van der Waals surface area contributed by atoms with Gasteiger partial charge in [-0.2, -0.15) is 0 Å². The summed E-state index contributed by atoms with van der Waals surface area (Å²) in [6.45, 7) is 4.07. The van der Waals surface area contributed by atoms with Crippen LogP contribution in [0.3, 0.4) is 0 Å². The molecule has 162 valence electrons. The number of hydrogen-bond acceptors (Lipinski definition) is 5. The number of amides is 2. The molecule has 2 rings (SSSR count). The van der Waals surface area contributed by atoms with Gasteiger partial charge in [0.2, 0.25) is 5.91 Å². The molecule has 1 atom stereocenters. The minimum Gasteiger partial charge on any atom is -0.368 e. The summed E-state index contributed by atoms with van der Waals surface area (Å²) in [5, 5.41) is 2.68. The largest absolute Gasteiger partial charge is 0.368 e. The van der Waals surface area contributed by atoms with Gasteiger partial charge in [0, 0.05) is 16.5 Å². The smallest absolute Gasteiger partial charge is 0.335 e. The molecule has 2 amide bonds. The van der Waals surface area contributed by atoms with Crippen molar-refractivity contribution in [3.63, 3.8) is 0 Å². The lowest BCUT2D eigenvalue weighted by Crippen LogP contribution is -2.45. The van der Waals surface area contributed by atoms with E-state index >= 15 is 0 Å². The molecule has 0 heterocycles. The molecule has 2 aromatic carbocycles. The van der Waals surface area contributed by atoms with Crippen molar-refractivity contribution in [2.45, 2.75) is 32.5 Å². The molecule has 7 nitrogen and oxygen atoms in total. The maximum Gasteiger partial charge on any atom is 0.335 e. The number of nitrogens with two attached hydrogens (primary N) is 1. The molecule has 3 N–H and O–H groups in total. The van der Waals surface area contributed by atoms with Crippen LogP contribution < -0.4 is 11.1 Å². The van der Waals surface area contributed by atoms with Crippen LogP contribution in [-0.4, -0.2) is 31.1 Å². The van der Waals surface area contributed by atoms with Crippen molar-refractivity contribution in [2.75, 3.05) is 13.2 Å². The minimum absolute atomic E-state index is 0.114. The molecule has 0 aliphatic rings. The van der Waals surface area contributed by atoms with Crippen LogP contribution in [0.2, 0.25) is 0 Å². The van der Waals surface area contributed by atoms with Crippen molar-refractivity contribution in [1.82, 2.24) is 5.32 Å². The van der Waals surface area contributed by atoms with E-state index in [1.165, 1.54) is 0 Å². The number of carbonyl (C=O) groups is 2. The molecule has 0 saturated heterocycles. The number of rotatable bonds is 11. The summed E-state index contributed by atoms with van der Waals surface area (Å²) < 4.78 is 24.1. The standard InChI is InChI=1S/C21H26BrN2O5P/c1-3-28-30(27,29-4-2)14-15-8-10-17(11-9-15)21(26)24-19(20(23)25)13-16-6-5-7-18(22)12-16/h5-12,19H,3-4,13-14H2,1-2H3,(H2,23,25)(H,24,26)/t19-/m1/s1. The Labute approximate surface area is 185 Å². The summed E-state index contributed by atoms with van der Waals surface area (Å²) in [4.78, 5) is 24.4. The average molecular weight is 497 g/mol. The Morgan fingerprint density at radius 2 is 1.70 bits per heavy atom. The fourth-order valence-corrected chi connectivity index (χ4v) is 5.02. The molecule has 2 aromatic rings. The second-order valence-corrected chi connectivity index (χ2v) is 9.53. The molecular weight excluding hydrogens is 471 g/mol. The van der Waals surface area contributed by atoms with Crippen molar-refractivity contribution in [1.29, 1.82) is 0 Å². The van der Waals surface area contributed by atoms with E-state index in [4.69, 9.17) is 14.8 Å². The number of halogens is 1. The molecule has 9 heteroatoms. The van der Waals surface area contributed by atoms with Gasteiger partial charge in [0.05, 0.1) is 19.4 Å². The van der Waals surface area contributed by atoms with Crippen LogP contribution >= 0.6 is 23.5 Å². The summed E-state index contributed by atoms with van der Waals surface area (Å²) >= 11 is 3.38. The van der Waals surface area contributed by atoms with E-state index in [0.29, 0.717) is 5.56 Å². The van der Waals surface area contributed by atoms with Gasteiger partial charge in [-0.3, -0.25) is 14.2 Å². The van der Waals surface area contributed by atoms with Crippen LogP contribution in [0.25, 0.3) is 0 Å². The first-order valence-electron chi connectivity index (χ1n) is 9.58. The molecule has 0 aromatic heterocycles. The molecule has 0 bridgehead atoms. The molecule has 0 radical (unpaired) electrons. The Morgan fingerprint density at radius 1 is 1.07 bits per heavy atom. The SMILES string of the molecule is CCOP(=O)(Cc1ccc(C(=O)N[C@H](Cc2cccc(Br)c2)C(N)=O)cc1)OCC. The Balaban J connectivity index is 2.06. The molecule has 0 fully saturated rings. The van der Waals surface area contributed by atoms with E-state index in [2.05, 4.69) is 21.2 Å². The van der Waals surface area contributed by atoms with Gasteiger partial charge in [0.25, 0.3) is 5.91 Å². The molecule has 0 aliphatic heterocycles. The van der Waals surface area contributed by atoms with Crippen LogP contribution in [0.4, 0.5) is 0 Å². The maximum atomic E-state index is 12.6. The second-order valence-electron chi connectivity index (χ2n) is 6.56. The molecule has 0 unspecified atom stereocenters. The molecule has 30 heavy (non-hydrogen) atoms. The fraction of sp³-hybridized carbons (Fsp3) is 0.333. The Bertz CT molecular complexity index is 910. The van der Waals surface area contributed by atoms with Crippen molar-refractivity contribution < 1.29 is 23.2 Å². The van der Waals surface area contributed by atoms with Crippen molar-refractivity contribution in [3.05, 3.63) is 69.7 Å². The van der Waals surface area contributed by atoms with Crippen molar-refractivity contribution >= 4 is 35.3 Å².